The third kappa shape index (κ3) is 5.36. The number of carbonyl (C=O) groups is 1. The number of aryl methyl sites for hydroxylation is 1. The quantitative estimate of drug-likeness (QED) is 0.747. The van der Waals surface area contributed by atoms with Gasteiger partial charge in [0.05, 0.1) is 4.90 Å². The van der Waals surface area contributed by atoms with Crippen LogP contribution in [0.2, 0.25) is 0 Å². The number of sulfonamides is 1. The lowest BCUT2D eigenvalue weighted by molar-refractivity contribution is -0.116. The number of para-hydroxylation sites is 1. The number of hydrogen-bond acceptors (Lipinski definition) is 4. The number of anilines is 2. The van der Waals surface area contributed by atoms with E-state index in [1.807, 2.05) is 36.4 Å². The average molecular weight is 416 g/mol. The minimum Gasteiger partial charge on any atom is -0.374 e. The highest BCUT2D eigenvalue weighted by molar-refractivity contribution is 7.89. The summed E-state index contributed by atoms with van der Waals surface area (Å²) in [5, 5.41) is 5.97. The zero-order chi connectivity index (χ0) is 20.9. The highest BCUT2D eigenvalue weighted by Crippen LogP contribution is 2.26. The molecule has 1 heterocycles. The highest BCUT2D eigenvalue weighted by atomic mass is 32.2. The number of benzene rings is 2. The maximum Gasteiger partial charge on any atom is 0.246 e. The molecule has 0 unspecified atom stereocenters. The van der Waals surface area contributed by atoms with E-state index >= 15 is 0 Å². The van der Waals surface area contributed by atoms with Crippen LogP contribution in [-0.2, 0) is 14.8 Å². The maximum atomic E-state index is 13.2. The van der Waals surface area contributed by atoms with Crippen LogP contribution in [-0.4, -0.2) is 37.8 Å². The number of rotatable bonds is 6. The Morgan fingerprint density at radius 3 is 2.28 bits per heavy atom. The molecule has 0 spiro atoms. The maximum absolute atomic E-state index is 13.2. The molecule has 1 amide bonds. The first-order valence-electron chi connectivity index (χ1n) is 10.1. The second kappa shape index (κ2) is 9.41. The molecule has 7 heteroatoms. The lowest BCUT2D eigenvalue weighted by Gasteiger charge is -2.22. The Bertz CT molecular complexity index is 937. The second-order valence-electron chi connectivity index (χ2n) is 7.52. The monoisotopic (exact) mass is 415 g/mol. The molecular formula is C22H29N3O3S. The average Bonchev–Trinajstić information content (AvgIpc) is 3.00. The van der Waals surface area contributed by atoms with Crippen molar-refractivity contribution in [1.29, 1.82) is 0 Å². The molecule has 0 aromatic heterocycles. The van der Waals surface area contributed by atoms with Crippen LogP contribution in [0.1, 0.15) is 38.2 Å². The summed E-state index contributed by atoms with van der Waals surface area (Å²) < 4.78 is 28.0. The van der Waals surface area contributed by atoms with E-state index in [9.17, 15) is 13.2 Å². The van der Waals surface area contributed by atoms with Crippen LogP contribution in [0.25, 0.3) is 0 Å². The van der Waals surface area contributed by atoms with Gasteiger partial charge in [-0.15, -0.1) is 0 Å². The van der Waals surface area contributed by atoms with Crippen LogP contribution < -0.4 is 10.6 Å². The van der Waals surface area contributed by atoms with Crippen LogP contribution in [0.5, 0.6) is 0 Å². The third-order valence-electron chi connectivity index (χ3n) is 5.19. The number of carbonyl (C=O) groups excluding carboxylic acids is 1. The summed E-state index contributed by atoms with van der Waals surface area (Å²) >= 11 is 0. The van der Waals surface area contributed by atoms with Gasteiger partial charge in [0.25, 0.3) is 0 Å². The summed E-state index contributed by atoms with van der Waals surface area (Å²) in [6, 6.07) is 14.0. The Morgan fingerprint density at radius 1 is 0.966 bits per heavy atom. The standard InChI is InChI=1S/C22H29N3O3S/c1-17-12-13-20(23-18(2)22(26)24-19-10-6-5-7-11-19)16-21(17)29(27,28)25-14-8-3-4-9-15-25/h5-7,10-13,16,18,23H,3-4,8-9,14-15H2,1-2H3,(H,24,26)/t18-/m1/s1. The van der Waals surface area contributed by atoms with Crippen molar-refractivity contribution in [2.75, 3.05) is 23.7 Å². The summed E-state index contributed by atoms with van der Waals surface area (Å²) in [6.07, 6.45) is 3.93. The van der Waals surface area contributed by atoms with Gasteiger partial charge >= 0.3 is 0 Å². The lowest BCUT2D eigenvalue weighted by atomic mass is 10.2. The van der Waals surface area contributed by atoms with Gasteiger partial charge in [0.2, 0.25) is 15.9 Å². The molecule has 29 heavy (non-hydrogen) atoms. The topological polar surface area (TPSA) is 78.5 Å². The fraction of sp³-hybridized carbons (Fsp3) is 0.409. The number of nitrogens with zero attached hydrogens (tertiary/aromatic N) is 1. The second-order valence-corrected chi connectivity index (χ2v) is 9.43. The van der Waals surface area contributed by atoms with Gasteiger partial charge in [0.1, 0.15) is 6.04 Å². The van der Waals surface area contributed by atoms with E-state index in [-0.39, 0.29) is 5.91 Å². The molecule has 6 nitrogen and oxygen atoms in total. The summed E-state index contributed by atoms with van der Waals surface area (Å²) in [4.78, 5) is 12.8. The summed E-state index contributed by atoms with van der Waals surface area (Å²) in [7, 11) is -3.55. The molecule has 2 N–H and O–H groups in total. The molecule has 1 fully saturated rings. The van der Waals surface area contributed by atoms with Crippen molar-refractivity contribution in [3.05, 3.63) is 54.1 Å². The molecule has 0 radical (unpaired) electrons. The molecule has 0 saturated carbocycles. The van der Waals surface area contributed by atoms with Crippen LogP contribution in [0, 0.1) is 6.92 Å². The summed E-state index contributed by atoms with van der Waals surface area (Å²) in [5.74, 6) is -0.186. The van der Waals surface area contributed by atoms with Crippen molar-refractivity contribution >= 4 is 27.3 Å². The number of amides is 1. The molecular weight excluding hydrogens is 386 g/mol. The van der Waals surface area contributed by atoms with Crippen molar-refractivity contribution < 1.29 is 13.2 Å². The van der Waals surface area contributed by atoms with E-state index in [1.165, 1.54) is 0 Å². The first kappa shape index (κ1) is 21.3. The predicted molar refractivity (Wildman–Crippen MR) is 117 cm³/mol. The van der Waals surface area contributed by atoms with Gasteiger partial charge in [-0.2, -0.15) is 4.31 Å². The predicted octanol–water partition coefficient (Wildman–Crippen LogP) is 4.00. The zero-order valence-electron chi connectivity index (χ0n) is 17.0. The molecule has 1 atom stereocenters. The molecule has 2 aromatic carbocycles. The van der Waals surface area contributed by atoms with E-state index in [2.05, 4.69) is 10.6 Å². The third-order valence-corrected chi connectivity index (χ3v) is 7.23. The normalized spacial score (nSPS) is 16.6. The largest absolute Gasteiger partial charge is 0.374 e. The van der Waals surface area contributed by atoms with Crippen molar-refractivity contribution in [3.63, 3.8) is 0 Å². The summed E-state index contributed by atoms with van der Waals surface area (Å²) in [6.45, 7) is 4.69. The SMILES string of the molecule is Cc1ccc(N[C@H](C)C(=O)Nc2ccccc2)cc1S(=O)(=O)N1CCCCCC1. The van der Waals surface area contributed by atoms with Crippen LogP contribution in [0.3, 0.4) is 0 Å². The van der Waals surface area contributed by atoms with Gasteiger partial charge in [-0.3, -0.25) is 4.79 Å². The Labute approximate surface area is 173 Å². The van der Waals surface area contributed by atoms with Gasteiger partial charge in [-0.1, -0.05) is 37.1 Å². The van der Waals surface area contributed by atoms with E-state index in [0.29, 0.717) is 29.2 Å². The fourth-order valence-corrected chi connectivity index (χ4v) is 5.24. The van der Waals surface area contributed by atoms with Gasteiger partial charge in [0, 0.05) is 24.5 Å². The molecule has 2 aromatic rings. The molecule has 0 aliphatic carbocycles. The van der Waals surface area contributed by atoms with Crippen molar-refractivity contribution in [2.45, 2.75) is 50.5 Å². The fourth-order valence-electron chi connectivity index (χ4n) is 3.48. The van der Waals surface area contributed by atoms with Crippen molar-refractivity contribution in [1.82, 2.24) is 4.31 Å². The molecule has 1 saturated heterocycles. The van der Waals surface area contributed by atoms with E-state index in [1.54, 1.807) is 30.3 Å². The molecule has 1 aliphatic heterocycles. The Balaban J connectivity index is 1.75. The van der Waals surface area contributed by atoms with Crippen molar-refractivity contribution in [3.8, 4) is 0 Å². The van der Waals surface area contributed by atoms with Gasteiger partial charge < -0.3 is 10.6 Å². The van der Waals surface area contributed by atoms with Gasteiger partial charge in [-0.05, 0) is 56.5 Å². The van der Waals surface area contributed by atoms with Crippen LogP contribution in [0.4, 0.5) is 11.4 Å². The summed E-state index contributed by atoms with van der Waals surface area (Å²) in [5.41, 5.74) is 2.04. The first-order chi connectivity index (χ1) is 13.9. The van der Waals surface area contributed by atoms with Crippen LogP contribution in [0.15, 0.2) is 53.4 Å². The minimum atomic E-state index is -3.55. The van der Waals surface area contributed by atoms with E-state index < -0.39 is 16.1 Å². The minimum absolute atomic E-state index is 0.186. The Kier molecular flexibility index (Phi) is 6.92. The number of hydrogen-bond donors (Lipinski definition) is 2. The number of nitrogens with one attached hydrogen (secondary N) is 2. The lowest BCUT2D eigenvalue weighted by Crippen LogP contribution is -2.33. The van der Waals surface area contributed by atoms with Gasteiger partial charge in [0.15, 0.2) is 0 Å². The molecule has 0 bridgehead atoms. The van der Waals surface area contributed by atoms with Crippen molar-refractivity contribution in [2.24, 2.45) is 0 Å². The molecule has 3 rings (SSSR count). The van der Waals surface area contributed by atoms with E-state index in [4.69, 9.17) is 0 Å². The molecule has 1 aliphatic rings. The Hall–Kier alpha value is -2.38. The van der Waals surface area contributed by atoms with E-state index in [0.717, 1.165) is 31.4 Å². The zero-order valence-corrected chi connectivity index (χ0v) is 17.8. The van der Waals surface area contributed by atoms with Gasteiger partial charge in [-0.25, -0.2) is 8.42 Å². The van der Waals surface area contributed by atoms with Crippen LogP contribution >= 0.6 is 0 Å². The smallest absolute Gasteiger partial charge is 0.246 e. The first-order valence-corrected chi connectivity index (χ1v) is 11.6. The Morgan fingerprint density at radius 2 is 1.62 bits per heavy atom. The molecule has 156 valence electrons. The highest BCUT2D eigenvalue weighted by Gasteiger charge is 2.27.